The highest BCUT2D eigenvalue weighted by molar-refractivity contribution is 7.80. The first-order valence-electron chi connectivity index (χ1n) is 7.44. The molecular weight excluding hydrogens is 284 g/mol. The van der Waals surface area contributed by atoms with Crippen molar-refractivity contribution in [2.75, 3.05) is 19.7 Å². The summed E-state index contributed by atoms with van der Waals surface area (Å²) in [5.74, 6) is 0.529. The van der Waals surface area contributed by atoms with Crippen LogP contribution in [0.2, 0.25) is 0 Å². The Hall–Kier alpha value is -1.62. The van der Waals surface area contributed by atoms with Gasteiger partial charge in [0.25, 0.3) is 5.91 Å². The van der Waals surface area contributed by atoms with Crippen LogP contribution in [0.4, 0.5) is 0 Å². The first kappa shape index (κ1) is 15.8. The van der Waals surface area contributed by atoms with Gasteiger partial charge in [0.2, 0.25) is 0 Å². The molecule has 1 amide bonds. The molecule has 1 aliphatic heterocycles. The highest BCUT2D eigenvalue weighted by atomic mass is 32.1. The van der Waals surface area contributed by atoms with Crippen LogP contribution in [0.5, 0.6) is 5.75 Å². The second-order valence-electron chi connectivity index (χ2n) is 5.31. The molecule has 0 unspecified atom stereocenters. The maximum atomic E-state index is 11.9. The quantitative estimate of drug-likeness (QED) is 0.872. The zero-order chi connectivity index (χ0) is 15.1. The van der Waals surface area contributed by atoms with E-state index in [9.17, 15) is 4.79 Å². The first-order valence-corrected chi connectivity index (χ1v) is 7.85. The minimum absolute atomic E-state index is 0.0150. The van der Waals surface area contributed by atoms with E-state index in [1.54, 1.807) is 0 Å². The van der Waals surface area contributed by atoms with Crippen molar-refractivity contribution in [2.45, 2.75) is 32.6 Å². The summed E-state index contributed by atoms with van der Waals surface area (Å²) in [4.78, 5) is 14.0. The number of likely N-dealkylation sites (tertiary alicyclic amines) is 1. The van der Waals surface area contributed by atoms with Gasteiger partial charge in [-0.15, -0.1) is 0 Å². The standard InChI is InChI=1S/C16H22N2O2S/c1-13-8-4-5-9-14(13)20-12-15(19)17-16(21)18-10-6-2-3-7-11-18/h4-5,8-9H,2-3,6-7,10-12H2,1H3,(H,17,19,21). The molecule has 0 spiro atoms. The summed E-state index contributed by atoms with van der Waals surface area (Å²) in [5, 5.41) is 3.28. The molecule has 0 saturated carbocycles. The van der Waals surface area contributed by atoms with E-state index in [1.807, 2.05) is 31.2 Å². The monoisotopic (exact) mass is 306 g/mol. The number of hydrogen-bond donors (Lipinski definition) is 1. The minimum Gasteiger partial charge on any atom is -0.483 e. The Morgan fingerprint density at radius 1 is 1.24 bits per heavy atom. The summed E-state index contributed by atoms with van der Waals surface area (Å²) in [6.07, 6.45) is 4.75. The van der Waals surface area contributed by atoms with Crippen molar-refractivity contribution in [3.8, 4) is 5.75 Å². The highest BCUT2D eigenvalue weighted by Crippen LogP contribution is 2.15. The summed E-state index contributed by atoms with van der Waals surface area (Å²) in [5.41, 5.74) is 1.01. The first-order chi connectivity index (χ1) is 10.2. The predicted octanol–water partition coefficient (Wildman–Crippen LogP) is 2.65. The number of rotatable bonds is 3. The normalized spacial score (nSPS) is 15.2. The van der Waals surface area contributed by atoms with Gasteiger partial charge >= 0.3 is 0 Å². The van der Waals surface area contributed by atoms with E-state index in [1.165, 1.54) is 12.8 Å². The molecular formula is C16H22N2O2S. The third-order valence-electron chi connectivity index (χ3n) is 3.59. The number of nitrogens with one attached hydrogen (secondary N) is 1. The van der Waals surface area contributed by atoms with Gasteiger partial charge in [-0.25, -0.2) is 0 Å². The molecule has 0 aliphatic carbocycles. The number of para-hydroxylation sites is 1. The molecule has 5 heteroatoms. The summed E-state index contributed by atoms with van der Waals surface area (Å²) >= 11 is 5.31. The molecule has 1 aromatic rings. The van der Waals surface area contributed by atoms with Crippen molar-refractivity contribution >= 4 is 23.2 Å². The maximum absolute atomic E-state index is 11.9. The van der Waals surface area contributed by atoms with Gasteiger partial charge in [0.15, 0.2) is 11.7 Å². The van der Waals surface area contributed by atoms with Crippen molar-refractivity contribution in [3.05, 3.63) is 29.8 Å². The van der Waals surface area contributed by atoms with Crippen LogP contribution in [0.3, 0.4) is 0 Å². The zero-order valence-electron chi connectivity index (χ0n) is 12.4. The number of amides is 1. The molecule has 4 nitrogen and oxygen atoms in total. The predicted molar refractivity (Wildman–Crippen MR) is 87.5 cm³/mol. The van der Waals surface area contributed by atoms with E-state index < -0.39 is 0 Å². The van der Waals surface area contributed by atoms with Gasteiger partial charge in [-0.2, -0.15) is 0 Å². The number of ether oxygens (including phenoxy) is 1. The molecule has 1 fully saturated rings. The maximum Gasteiger partial charge on any atom is 0.264 e. The average molecular weight is 306 g/mol. The van der Waals surface area contributed by atoms with Gasteiger partial charge in [-0.1, -0.05) is 31.0 Å². The fourth-order valence-electron chi connectivity index (χ4n) is 2.37. The number of aryl methyl sites for hydroxylation is 1. The molecule has 2 rings (SSSR count). The van der Waals surface area contributed by atoms with Gasteiger partial charge in [0.1, 0.15) is 5.75 Å². The SMILES string of the molecule is Cc1ccccc1OCC(=O)NC(=S)N1CCCCCC1. The Morgan fingerprint density at radius 3 is 2.57 bits per heavy atom. The number of carbonyl (C=O) groups is 1. The van der Waals surface area contributed by atoms with Crippen LogP contribution in [0.1, 0.15) is 31.2 Å². The fraction of sp³-hybridized carbons (Fsp3) is 0.500. The Morgan fingerprint density at radius 2 is 1.90 bits per heavy atom. The fourth-order valence-corrected chi connectivity index (χ4v) is 2.67. The molecule has 0 aromatic heterocycles. The summed E-state index contributed by atoms with van der Waals surface area (Å²) in [6.45, 7) is 3.80. The largest absolute Gasteiger partial charge is 0.483 e. The number of thiocarbonyl (C=S) groups is 1. The second-order valence-corrected chi connectivity index (χ2v) is 5.70. The lowest BCUT2D eigenvalue weighted by molar-refractivity contribution is -0.121. The molecule has 114 valence electrons. The van der Waals surface area contributed by atoms with Gasteiger partial charge in [-0.05, 0) is 43.6 Å². The van der Waals surface area contributed by atoms with Gasteiger partial charge in [0.05, 0.1) is 0 Å². The number of hydrogen-bond acceptors (Lipinski definition) is 3. The van der Waals surface area contributed by atoms with Crippen molar-refractivity contribution < 1.29 is 9.53 Å². The molecule has 1 saturated heterocycles. The Balaban J connectivity index is 1.78. The third-order valence-corrected chi connectivity index (χ3v) is 3.95. The van der Waals surface area contributed by atoms with Crippen LogP contribution in [0.25, 0.3) is 0 Å². The van der Waals surface area contributed by atoms with E-state index in [-0.39, 0.29) is 12.5 Å². The van der Waals surface area contributed by atoms with Crippen molar-refractivity contribution in [1.82, 2.24) is 10.2 Å². The van der Waals surface area contributed by atoms with Gasteiger partial charge in [-0.3, -0.25) is 4.79 Å². The highest BCUT2D eigenvalue weighted by Gasteiger charge is 2.14. The minimum atomic E-state index is -0.201. The summed E-state index contributed by atoms with van der Waals surface area (Å²) in [7, 11) is 0. The van der Waals surface area contributed by atoms with Crippen molar-refractivity contribution in [2.24, 2.45) is 0 Å². The summed E-state index contributed by atoms with van der Waals surface area (Å²) < 4.78 is 5.52. The van der Waals surface area contributed by atoms with Crippen LogP contribution in [0, 0.1) is 6.92 Å². The van der Waals surface area contributed by atoms with E-state index in [0.717, 1.165) is 37.2 Å². The number of benzene rings is 1. The van der Waals surface area contributed by atoms with Crippen LogP contribution in [-0.4, -0.2) is 35.6 Å². The van der Waals surface area contributed by atoms with E-state index in [2.05, 4.69) is 10.2 Å². The Labute approximate surface area is 131 Å². The lowest BCUT2D eigenvalue weighted by Crippen LogP contribution is -2.44. The topological polar surface area (TPSA) is 41.6 Å². The molecule has 21 heavy (non-hydrogen) atoms. The third kappa shape index (κ3) is 5.01. The molecule has 1 heterocycles. The number of nitrogens with zero attached hydrogens (tertiary/aromatic N) is 1. The molecule has 1 N–H and O–H groups in total. The second kappa shape index (κ2) is 7.98. The van der Waals surface area contributed by atoms with E-state index in [4.69, 9.17) is 17.0 Å². The van der Waals surface area contributed by atoms with Crippen LogP contribution >= 0.6 is 12.2 Å². The zero-order valence-corrected chi connectivity index (χ0v) is 13.2. The molecule has 0 atom stereocenters. The number of carbonyl (C=O) groups excluding carboxylic acids is 1. The molecule has 1 aromatic carbocycles. The van der Waals surface area contributed by atoms with Crippen LogP contribution in [0.15, 0.2) is 24.3 Å². The lowest BCUT2D eigenvalue weighted by atomic mass is 10.2. The van der Waals surface area contributed by atoms with Gasteiger partial charge < -0.3 is 15.0 Å². The van der Waals surface area contributed by atoms with E-state index >= 15 is 0 Å². The molecule has 0 bridgehead atoms. The van der Waals surface area contributed by atoms with E-state index in [0.29, 0.717) is 5.11 Å². The van der Waals surface area contributed by atoms with Gasteiger partial charge in [0, 0.05) is 13.1 Å². The van der Waals surface area contributed by atoms with Crippen LogP contribution < -0.4 is 10.1 Å². The van der Waals surface area contributed by atoms with Crippen LogP contribution in [-0.2, 0) is 4.79 Å². The average Bonchev–Trinajstić information content (AvgIpc) is 2.75. The molecule has 1 aliphatic rings. The van der Waals surface area contributed by atoms with Crippen molar-refractivity contribution in [1.29, 1.82) is 0 Å². The smallest absolute Gasteiger partial charge is 0.264 e. The van der Waals surface area contributed by atoms with Crippen molar-refractivity contribution in [3.63, 3.8) is 0 Å². The Bertz CT molecular complexity index is 497. The lowest BCUT2D eigenvalue weighted by Gasteiger charge is -2.23. The summed E-state index contributed by atoms with van der Waals surface area (Å²) in [6, 6.07) is 7.64. The molecule has 0 radical (unpaired) electrons. The Kier molecular flexibility index (Phi) is 5.99.